The molecular weight excluding hydrogens is 435 g/mol. The molecule has 1 atom stereocenters. The molecule has 0 bridgehead atoms. The van der Waals surface area contributed by atoms with Gasteiger partial charge in [0, 0.05) is 12.3 Å². The number of hydrogen-bond donors (Lipinski definition) is 2. The molecule has 2 N–H and O–H groups in total. The van der Waals surface area contributed by atoms with Crippen molar-refractivity contribution in [3.8, 4) is 11.1 Å². The van der Waals surface area contributed by atoms with Crippen molar-refractivity contribution >= 4 is 12.1 Å². The zero-order chi connectivity index (χ0) is 23.6. The Bertz CT molecular complexity index is 1150. The van der Waals surface area contributed by atoms with Crippen molar-refractivity contribution in [1.82, 2.24) is 5.32 Å². The lowest BCUT2D eigenvalue weighted by atomic mass is 9.98. The van der Waals surface area contributed by atoms with Gasteiger partial charge in [0.1, 0.15) is 12.6 Å². The number of hydrogen-bond acceptors (Lipinski definition) is 3. The summed E-state index contributed by atoms with van der Waals surface area (Å²) in [6.07, 6.45) is -6.17. The number of ether oxygens (including phenoxy) is 1. The molecule has 0 aromatic heterocycles. The van der Waals surface area contributed by atoms with E-state index in [0.29, 0.717) is 0 Å². The van der Waals surface area contributed by atoms with Crippen LogP contribution in [0, 0.1) is 0 Å². The number of carboxylic acid groups (broad SMARTS) is 1. The summed E-state index contributed by atoms with van der Waals surface area (Å²) in [6, 6.07) is 18.5. The number of carbonyl (C=O) groups excluding carboxylic acids is 1. The van der Waals surface area contributed by atoms with Gasteiger partial charge in [-0.1, -0.05) is 66.7 Å². The van der Waals surface area contributed by atoms with Crippen LogP contribution in [0.5, 0.6) is 0 Å². The zero-order valence-electron chi connectivity index (χ0n) is 17.3. The molecule has 33 heavy (non-hydrogen) atoms. The van der Waals surface area contributed by atoms with Gasteiger partial charge in [-0.3, -0.25) is 0 Å². The molecule has 0 radical (unpaired) electrons. The Morgan fingerprint density at radius 1 is 0.909 bits per heavy atom. The number of alkyl halides is 3. The van der Waals surface area contributed by atoms with Crippen molar-refractivity contribution in [2.24, 2.45) is 0 Å². The summed E-state index contributed by atoms with van der Waals surface area (Å²) < 4.78 is 45.0. The van der Waals surface area contributed by atoms with Crippen LogP contribution in [-0.4, -0.2) is 29.8 Å². The van der Waals surface area contributed by atoms with Gasteiger partial charge >= 0.3 is 18.2 Å². The smallest absolute Gasteiger partial charge is 0.416 e. The van der Waals surface area contributed by atoms with E-state index in [4.69, 9.17) is 4.74 Å². The highest BCUT2D eigenvalue weighted by Gasteiger charge is 2.35. The Hall–Kier alpha value is -3.81. The zero-order valence-corrected chi connectivity index (χ0v) is 17.3. The Balaban J connectivity index is 1.46. The van der Waals surface area contributed by atoms with E-state index >= 15 is 0 Å². The molecule has 0 saturated carbocycles. The van der Waals surface area contributed by atoms with Gasteiger partial charge in [-0.15, -0.1) is 0 Å². The summed E-state index contributed by atoms with van der Waals surface area (Å²) in [5, 5.41) is 11.7. The SMILES string of the molecule is O=C(NC(Cc1ccccc1C(F)(F)F)C(=O)O)OCC1c2ccccc2-c2ccccc21. The first kappa shape index (κ1) is 22.4. The van der Waals surface area contributed by atoms with E-state index in [1.54, 1.807) is 0 Å². The Morgan fingerprint density at radius 3 is 2.03 bits per heavy atom. The molecule has 5 nitrogen and oxygen atoms in total. The minimum absolute atomic E-state index is 0.0364. The lowest BCUT2D eigenvalue weighted by molar-refractivity contribution is -0.141. The average Bonchev–Trinajstić information content (AvgIpc) is 3.10. The lowest BCUT2D eigenvalue weighted by Gasteiger charge is -2.19. The summed E-state index contributed by atoms with van der Waals surface area (Å²) in [7, 11) is 0. The van der Waals surface area contributed by atoms with Crippen molar-refractivity contribution in [2.75, 3.05) is 6.61 Å². The minimum atomic E-state index is -4.64. The number of benzene rings is 3. The first-order valence-corrected chi connectivity index (χ1v) is 10.2. The van der Waals surface area contributed by atoms with Gasteiger partial charge in [-0.05, 0) is 33.9 Å². The number of nitrogens with one attached hydrogen (secondary N) is 1. The van der Waals surface area contributed by atoms with Crippen LogP contribution >= 0.6 is 0 Å². The maximum absolute atomic E-state index is 13.2. The fourth-order valence-electron chi connectivity index (χ4n) is 4.18. The number of amides is 1. The van der Waals surface area contributed by atoms with E-state index in [1.807, 2.05) is 48.5 Å². The molecule has 0 saturated heterocycles. The summed E-state index contributed by atoms with van der Waals surface area (Å²) >= 11 is 0. The minimum Gasteiger partial charge on any atom is -0.480 e. The molecular formula is C25H20F3NO4. The van der Waals surface area contributed by atoms with Gasteiger partial charge in [0.2, 0.25) is 0 Å². The number of fused-ring (bicyclic) bond motifs is 3. The third-order valence-electron chi connectivity index (χ3n) is 5.68. The summed E-state index contributed by atoms with van der Waals surface area (Å²) in [5.41, 5.74) is 2.88. The molecule has 170 valence electrons. The molecule has 0 heterocycles. The van der Waals surface area contributed by atoms with Crippen molar-refractivity contribution in [1.29, 1.82) is 0 Å². The molecule has 1 aliphatic carbocycles. The molecule has 1 unspecified atom stereocenters. The van der Waals surface area contributed by atoms with Gasteiger partial charge in [0.05, 0.1) is 5.56 Å². The van der Waals surface area contributed by atoms with E-state index in [0.717, 1.165) is 28.3 Å². The van der Waals surface area contributed by atoms with E-state index in [9.17, 15) is 27.9 Å². The lowest BCUT2D eigenvalue weighted by Crippen LogP contribution is -2.43. The molecule has 3 aromatic carbocycles. The van der Waals surface area contributed by atoms with Crippen molar-refractivity contribution in [3.63, 3.8) is 0 Å². The second-order valence-corrected chi connectivity index (χ2v) is 7.72. The maximum Gasteiger partial charge on any atom is 0.416 e. The molecule has 3 aromatic rings. The first-order valence-electron chi connectivity index (χ1n) is 10.2. The summed E-state index contributed by atoms with van der Waals surface area (Å²) in [5.74, 6) is -1.68. The van der Waals surface area contributed by atoms with E-state index < -0.39 is 36.3 Å². The van der Waals surface area contributed by atoms with Gasteiger partial charge in [-0.25, -0.2) is 9.59 Å². The molecule has 1 aliphatic rings. The van der Waals surface area contributed by atoms with Crippen molar-refractivity contribution < 1.29 is 32.6 Å². The molecule has 0 spiro atoms. The van der Waals surface area contributed by atoms with Crippen molar-refractivity contribution in [3.05, 3.63) is 95.1 Å². The highest BCUT2D eigenvalue weighted by Crippen LogP contribution is 2.44. The highest BCUT2D eigenvalue weighted by atomic mass is 19.4. The quantitative estimate of drug-likeness (QED) is 0.533. The topological polar surface area (TPSA) is 75.6 Å². The van der Waals surface area contributed by atoms with E-state index in [1.165, 1.54) is 18.2 Å². The van der Waals surface area contributed by atoms with E-state index in [2.05, 4.69) is 5.32 Å². The van der Waals surface area contributed by atoms with Crippen LogP contribution in [0.3, 0.4) is 0 Å². The predicted molar refractivity (Wildman–Crippen MR) is 115 cm³/mol. The largest absolute Gasteiger partial charge is 0.480 e. The standard InChI is InChI=1S/C25H20F3NO4/c26-25(27,28)21-12-6-1-7-15(21)13-22(23(30)31)29-24(32)33-14-20-18-10-4-2-8-16(18)17-9-3-5-11-19(17)20/h1-12,20,22H,13-14H2,(H,29,32)(H,30,31). The van der Waals surface area contributed by atoms with Crippen LogP contribution in [0.25, 0.3) is 11.1 Å². The maximum atomic E-state index is 13.2. The number of halogens is 3. The second kappa shape index (κ2) is 8.97. The summed E-state index contributed by atoms with van der Waals surface area (Å²) in [4.78, 5) is 24.0. The highest BCUT2D eigenvalue weighted by molar-refractivity contribution is 5.81. The molecule has 4 rings (SSSR count). The number of rotatable bonds is 6. The fourth-order valence-corrected chi connectivity index (χ4v) is 4.18. The third kappa shape index (κ3) is 4.69. The van der Waals surface area contributed by atoms with Crippen LogP contribution in [-0.2, 0) is 22.1 Å². The monoisotopic (exact) mass is 455 g/mol. The average molecular weight is 455 g/mol. The van der Waals surface area contributed by atoms with Gasteiger partial charge < -0.3 is 15.2 Å². The molecule has 8 heteroatoms. The van der Waals surface area contributed by atoms with Gasteiger partial charge in [-0.2, -0.15) is 13.2 Å². The van der Waals surface area contributed by atoms with Crippen LogP contribution in [0.2, 0.25) is 0 Å². The fraction of sp³-hybridized carbons (Fsp3) is 0.200. The first-order chi connectivity index (χ1) is 15.8. The molecule has 0 fully saturated rings. The predicted octanol–water partition coefficient (Wildman–Crippen LogP) is 5.24. The number of aliphatic carboxylic acids is 1. The number of alkyl carbamates (subject to hydrolysis) is 1. The second-order valence-electron chi connectivity index (χ2n) is 7.72. The number of carboxylic acids is 1. The normalized spacial score (nSPS) is 13.7. The molecule has 1 amide bonds. The Kier molecular flexibility index (Phi) is 6.09. The van der Waals surface area contributed by atoms with Gasteiger partial charge in [0.15, 0.2) is 0 Å². The summed E-state index contributed by atoms with van der Waals surface area (Å²) in [6.45, 7) is -0.0364. The Morgan fingerprint density at radius 2 is 1.45 bits per heavy atom. The van der Waals surface area contributed by atoms with Gasteiger partial charge in [0.25, 0.3) is 0 Å². The van der Waals surface area contributed by atoms with Crippen LogP contribution < -0.4 is 5.32 Å². The van der Waals surface area contributed by atoms with E-state index in [-0.39, 0.29) is 18.1 Å². The van der Waals surface area contributed by atoms with Crippen LogP contribution in [0.15, 0.2) is 72.8 Å². The Labute approximate surface area is 187 Å². The van der Waals surface area contributed by atoms with Crippen LogP contribution in [0.1, 0.15) is 28.2 Å². The van der Waals surface area contributed by atoms with Crippen LogP contribution in [0.4, 0.5) is 18.0 Å². The molecule has 0 aliphatic heterocycles. The third-order valence-corrected chi connectivity index (χ3v) is 5.68. The van der Waals surface area contributed by atoms with Crippen molar-refractivity contribution in [2.45, 2.75) is 24.6 Å². The number of carbonyl (C=O) groups is 2.